The van der Waals surface area contributed by atoms with Crippen LogP contribution in [0.3, 0.4) is 0 Å². The van der Waals surface area contributed by atoms with E-state index in [4.69, 9.17) is 4.74 Å². The molecule has 2 unspecified atom stereocenters. The first kappa shape index (κ1) is 23.3. The van der Waals surface area contributed by atoms with Crippen LogP contribution in [0.1, 0.15) is 30.4 Å². The van der Waals surface area contributed by atoms with Crippen molar-refractivity contribution in [3.63, 3.8) is 0 Å². The van der Waals surface area contributed by atoms with Crippen LogP contribution in [-0.2, 0) is 22.4 Å². The summed E-state index contributed by atoms with van der Waals surface area (Å²) in [6.45, 7) is 2.57. The van der Waals surface area contributed by atoms with E-state index in [9.17, 15) is 9.59 Å². The Morgan fingerprint density at radius 3 is 2.38 bits per heavy atom. The normalized spacial score (nSPS) is 22.7. The lowest BCUT2D eigenvalue weighted by molar-refractivity contribution is -0.119. The molecule has 3 aliphatic rings. The molecule has 0 radical (unpaired) electrons. The molecule has 2 fully saturated rings. The van der Waals surface area contributed by atoms with Crippen LogP contribution in [0.25, 0.3) is 0 Å². The van der Waals surface area contributed by atoms with Crippen molar-refractivity contribution in [2.24, 2.45) is 0 Å². The van der Waals surface area contributed by atoms with Crippen LogP contribution in [0.2, 0.25) is 0 Å². The van der Waals surface area contributed by atoms with Crippen molar-refractivity contribution < 1.29 is 14.3 Å². The standard InChI is InChI=1S/C26H31BrN4O3/c1-34-23-15-24(31(16-23)26(33)29-20-6-3-19(27)4-7-20)25(32)28-21-5-2-17-10-12-30(22-8-9-22)13-11-18(17)14-21/h2-7,14,22-24H,8-13,15-16H2,1H3,(H,28,32)(H,29,33). The van der Waals surface area contributed by atoms with E-state index in [1.807, 2.05) is 30.3 Å². The number of fused-ring (bicyclic) bond motifs is 1. The Hall–Kier alpha value is -2.42. The van der Waals surface area contributed by atoms with Gasteiger partial charge in [-0.25, -0.2) is 4.79 Å². The number of nitrogens with one attached hydrogen (secondary N) is 2. The summed E-state index contributed by atoms with van der Waals surface area (Å²) in [5, 5.41) is 5.96. The van der Waals surface area contributed by atoms with Crippen molar-refractivity contribution in [2.75, 3.05) is 37.4 Å². The van der Waals surface area contributed by atoms with Crippen LogP contribution in [0.4, 0.5) is 16.2 Å². The summed E-state index contributed by atoms with van der Waals surface area (Å²) in [7, 11) is 1.62. The topological polar surface area (TPSA) is 73.9 Å². The third-order valence-electron chi connectivity index (χ3n) is 7.13. The number of halogens is 1. The number of nitrogens with zero attached hydrogens (tertiary/aromatic N) is 2. The Morgan fingerprint density at radius 2 is 1.68 bits per heavy atom. The second kappa shape index (κ2) is 10.1. The maximum atomic E-state index is 13.3. The van der Waals surface area contributed by atoms with E-state index < -0.39 is 6.04 Å². The molecule has 7 nitrogen and oxygen atoms in total. The SMILES string of the molecule is COC1CC(C(=O)Nc2ccc3c(c2)CCN(C2CC2)CC3)N(C(=O)Nc2ccc(Br)cc2)C1. The number of rotatable bonds is 5. The molecule has 8 heteroatoms. The zero-order valence-corrected chi connectivity index (χ0v) is 21.0. The van der Waals surface area contributed by atoms with Crippen LogP contribution < -0.4 is 10.6 Å². The van der Waals surface area contributed by atoms with Gasteiger partial charge in [0.1, 0.15) is 6.04 Å². The molecule has 2 heterocycles. The maximum Gasteiger partial charge on any atom is 0.322 e. The summed E-state index contributed by atoms with van der Waals surface area (Å²) in [5.74, 6) is -0.182. The second-order valence-electron chi connectivity index (χ2n) is 9.44. The van der Waals surface area contributed by atoms with E-state index in [2.05, 4.69) is 43.6 Å². The average Bonchev–Trinajstić information content (AvgIpc) is 3.61. The molecular weight excluding hydrogens is 496 g/mol. The van der Waals surface area contributed by atoms with Crippen LogP contribution in [0.5, 0.6) is 0 Å². The Morgan fingerprint density at radius 1 is 0.971 bits per heavy atom. The second-order valence-corrected chi connectivity index (χ2v) is 10.4. The number of carbonyl (C=O) groups excluding carboxylic acids is 2. The lowest BCUT2D eigenvalue weighted by atomic mass is 10.0. The number of hydrogen-bond donors (Lipinski definition) is 2. The van der Waals surface area contributed by atoms with E-state index in [1.165, 1.54) is 24.0 Å². The van der Waals surface area contributed by atoms with Gasteiger partial charge in [-0.05, 0) is 73.2 Å². The molecule has 0 aromatic heterocycles. The van der Waals surface area contributed by atoms with Crippen molar-refractivity contribution in [1.82, 2.24) is 9.80 Å². The molecule has 180 valence electrons. The van der Waals surface area contributed by atoms with Gasteiger partial charge in [-0.2, -0.15) is 0 Å². The molecule has 2 aromatic rings. The van der Waals surface area contributed by atoms with Crippen molar-refractivity contribution >= 4 is 39.2 Å². The smallest absolute Gasteiger partial charge is 0.322 e. The molecule has 2 N–H and O–H groups in total. The molecule has 1 saturated carbocycles. The minimum atomic E-state index is -0.593. The van der Waals surface area contributed by atoms with Crippen LogP contribution in [0.15, 0.2) is 46.9 Å². The number of likely N-dealkylation sites (tertiary alicyclic amines) is 1. The molecular formula is C26H31BrN4O3. The van der Waals surface area contributed by atoms with Gasteiger partial charge in [0.25, 0.3) is 0 Å². The van der Waals surface area contributed by atoms with Crippen LogP contribution in [0, 0.1) is 0 Å². The van der Waals surface area contributed by atoms with Gasteiger partial charge in [-0.1, -0.05) is 22.0 Å². The first-order valence-corrected chi connectivity index (χ1v) is 12.8. The largest absolute Gasteiger partial charge is 0.380 e. The third-order valence-corrected chi connectivity index (χ3v) is 7.66. The summed E-state index contributed by atoms with van der Waals surface area (Å²) in [6, 6.07) is 13.5. The van der Waals surface area contributed by atoms with Gasteiger partial charge >= 0.3 is 6.03 Å². The minimum Gasteiger partial charge on any atom is -0.380 e. The van der Waals surface area contributed by atoms with Crippen molar-refractivity contribution in [3.8, 4) is 0 Å². The lowest BCUT2D eigenvalue weighted by Crippen LogP contribution is -2.45. The molecule has 1 saturated heterocycles. The van der Waals surface area contributed by atoms with E-state index in [1.54, 1.807) is 12.0 Å². The predicted molar refractivity (Wildman–Crippen MR) is 136 cm³/mol. The minimum absolute atomic E-state index is 0.174. The van der Waals surface area contributed by atoms with E-state index >= 15 is 0 Å². The fourth-order valence-electron chi connectivity index (χ4n) is 5.02. The zero-order valence-electron chi connectivity index (χ0n) is 19.4. The number of methoxy groups -OCH3 is 1. The highest BCUT2D eigenvalue weighted by Crippen LogP contribution is 2.30. The molecule has 0 bridgehead atoms. The van der Waals surface area contributed by atoms with Gasteiger partial charge in [0.05, 0.1) is 6.10 Å². The summed E-state index contributed by atoms with van der Waals surface area (Å²) in [5.41, 5.74) is 4.15. The lowest BCUT2D eigenvalue weighted by Gasteiger charge is -2.24. The summed E-state index contributed by atoms with van der Waals surface area (Å²) < 4.78 is 6.43. The first-order chi connectivity index (χ1) is 16.5. The van der Waals surface area contributed by atoms with Gasteiger partial charge in [0, 0.05) is 55.1 Å². The third kappa shape index (κ3) is 5.29. The van der Waals surface area contributed by atoms with Gasteiger partial charge in [-0.15, -0.1) is 0 Å². The van der Waals surface area contributed by atoms with Gasteiger partial charge in [0.2, 0.25) is 5.91 Å². The molecule has 0 spiro atoms. The highest BCUT2D eigenvalue weighted by Gasteiger charge is 2.40. The van der Waals surface area contributed by atoms with Crippen molar-refractivity contribution in [3.05, 3.63) is 58.1 Å². The molecule has 2 aromatic carbocycles. The highest BCUT2D eigenvalue weighted by atomic mass is 79.9. The zero-order chi connectivity index (χ0) is 23.7. The molecule has 5 rings (SSSR count). The van der Waals surface area contributed by atoms with Crippen LogP contribution in [-0.4, -0.2) is 66.7 Å². The summed E-state index contributed by atoms with van der Waals surface area (Å²) in [6.07, 6.45) is 5.01. The maximum absolute atomic E-state index is 13.3. The summed E-state index contributed by atoms with van der Waals surface area (Å²) >= 11 is 3.40. The Labute approximate surface area is 209 Å². The Kier molecular flexibility index (Phi) is 6.90. The fourth-order valence-corrected chi connectivity index (χ4v) is 5.28. The highest BCUT2D eigenvalue weighted by molar-refractivity contribution is 9.10. The predicted octanol–water partition coefficient (Wildman–Crippen LogP) is 4.27. The number of amides is 3. The molecule has 34 heavy (non-hydrogen) atoms. The van der Waals surface area contributed by atoms with Gasteiger partial charge in [0.15, 0.2) is 0 Å². The number of carbonyl (C=O) groups is 2. The molecule has 3 amide bonds. The van der Waals surface area contributed by atoms with Gasteiger partial charge < -0.3 is 20.3 Å². The number of ether oxygens (including phenoxy) is 1. The summed E-state index contributed by atoms with van der Waals surface area (Å²) in [4.78, 5) is 30.5. The molecule has 1 aliphatic carbocycles. The number of hydrogen-bond acceptors (Lipinski definition) is 4. The average molecular weight is 527 g/mol. The van der Waals surface area contributed by atoms with E-state index in [0.29, 0.717) is 18.7 Å². The molecule has 2 atom stereocenters. The number of benzene rings is 2. The van der Waals surface area contributed by atoms with Gasteiger partial charge in [-0.3, -0.25) is 9.69 Å². The van der Waals surface area contributed by atoms with Crippen LogP contribution >= 0.6 is 15.9 Å². The fraction of sp³-hybridized carbons (Fsp3) is 0.462. The van der Waals surface area contributed by atoms with E-state index in [-0.39, 0.29) is 18.0 Å². The molecule has 2 aliphatic heterocycles. The van der Waals surface area contributed by atoms with Crippen molar-refractivity contribution in [2.45, 2.75) is 50.3 Å². The quantitative estimate of drug-likeness (QED) is 0.609. The Bertz CT molecular complexity index is 1060. The number of anilines is 2. The first-order valence-electron chi connectivity index (χ1n) is 12.0. The number of urea groups is 1. The monoisotopic (exact) mass is 526 g/mol. The van der Waals surface area contributed by atoms with Crippen molar-refractivity contribution in [1.29, 1.82) is 0 Å². The Balaban J connectivity index is 1.26. The van der Waals surface area contributed by atoms with E-state index in [0.717, 1.165) is 42.1 Å².